The van der Waals surface area contributed by atoms with Gasteiger partial charge in [0.25, 0.3) is 0 Å². The second kappa shape index (κ2) is 5.19. The van der Waals surface area contributed by atoms with Crippen molar-refractivity contribution in [3.63, 3.8) is 0 Å². The molecule has 0 radical (unpaired) electrons. The van der Waals surface area contributed by atoms with E-state index in [-0.39, 0.29) is 6.10 Å². The third-order valence-corrected chi connectivity index (χ3v) is 2.65. The minimum Gasteiger partial charge on any atom is -0.486 e. The van der Waals surface area contributed by atoms with Crippen LogP contribution in [-0.2, 0) is 0 Å². The third kappa shape index (κ3) is 2.87. The standard InChI is InChI=1S/C12H15BO3/c14-13(15)10-5-4-8-12(9-10)16-11-6-2-1-3-7-11/h2,4-6,8-9,11,14-15H,1,3,7H2. The first-order chi connectivity index (χ1) is 7.75. The molecule has 16 heavy (non-hydrogen) atoms. The van der Waals surface area contributed by atoms with Gasteiger partial charge in [0.15, 0.2) is 0 Å². The number of rotatable bonds is 3. The number of allylic oxidation sites excluding steroid dienone is 1. The lowest BCUT2D eigenvalue weighted by molar-refractivity contribution is 0.230. The van der Waals surface area contributed by atoms with Crippen LogP contribution in [0, 0.1) is 0 Å². The topological polar surface area (TPSA) is 49.7 Å². The number of hydrogen-bond donors (Lipinski definition) is 2. The number of ether oxygens (including phenoxy) is 1. The summed E-state index contributed by atoms with van der Waals surface area (Å²) in [6.07, 6.45) is 7.57. The largest absolute Gasteiger partial charge is 0.488 e. The lowest BCUT2D eigenvalue weighted by Crippen LogP contribution is -2.29. The Hall–Kier alpha value is -1.26. The van der Waals surface area contributed by atoms with Crippen molar-refractivity contribution in [2.45, 2.75) is 25.4 Å². The van der Waals surface area contributed by atoms with Gasteiger partial charge in [-0.05, 0) is 42.9 Å². The molecular formula is C12H15BO3. The van der Waals surface area contributed by atoms with Gasteiger partial charge in [-0.2, -0.15) is 0 Å². The molecule has 0 aromatic heterocycles. The van der Waals surface area contributed by atoms with Gasteiger partial charge in [-0.1, -0.05) is 18.2 Å². The molecule has 1 unspecified atom stereocenters. The summed E-state index contributed by atoms with van der Waals surface area (Å²) in [7, 11) is -1.44. The summed E-state index contributed by atoms with van der Waals surface area (Å²) in [6, 6.07) is 6.91. The maximum atomic E-state index is 9.04. The number of benzene rings is 1. The normalized spacial score (nSPS) is 19.5. The van der Waals surface area contributed by atoms with E-state index in [1.54, 1.807) is 18.2 Å². The molecule has 0 aliphatic heterocycles. The fraction of sp³-hybridized carbons (Fsp3) is 0.333. The van der Waals surface area contributed by atoms with Gasteiger partial charge in [-0.15, -0.1) is 0 Å². The van der Waals surface area contributed by atoms with Crippen LogP contribution in [0.15, 0.2) is 36.4 Å². The van der Waals surface area contributed by atoms with Gasteiger partial charge in [-0.25, -0.2) is 0 Å². The first-order valence-electron chi connectivity index (χ1n) is 5.55. The fourth-order valence-corrected chi connectivity index (χ4v) is 1.80. The summed E-state index contributed by atoms with van der Waals surface area (Å²) >= 11 is 0. The van der Waals surface area contributed by atoms with Crippen molar-refractivity contribution < 1.29 is 14.8 Å². The molecule has 84 valence electrons. The molecule has 0 saturated carbocycles. The molecule has 0 heterocycles. The molecule has 0 saturated heterocycles. The summed E-state index contributed by atoms with van der Waals surface area (Å²) in [6.45, 7) is 0. The van der Waals surface area contributed by atoms with Crippen LogP contribution in [0.2, 0.25) is 0 Å². The molecule has 0 amide bonds. The molecule has 0 spiro atoms. The second-order valence-corrected chi connectivity index (χ2v) is 3.96. The summed E-state index contributed by atoms with van der Waals surface area (Å²) < 4.78 is 5.74. The van der Waals surface area contributed by atoms with Gasteiger partial charge in [0.2, 0.25) is 0 Å². The highest BCUT2D eigenvalue weighted by atomic mass is 16.5. The van der Waals surface area contributed by atoms with Crippen LogP contribution in [0.5, 0.6) is 5.75 Å². The van der Waals surface area contributed by atoms with E-state index in [1.165, 1.54) is 0 Å². The highest BCUT2D eigenvalue weighted by molar-refractivity contribution is 6.58. The van der Waals surface area contributed by atoms with Gasteiger partial charge in [-0.3, -0.25) is 0 Å². The first-order valence-corrected chi connectivity index (χ1v) is 5.55. The molecule has 2 N–H and O–H groups in total. The molecule has 1 aliphatic rings. The third-order valence-electron chi connectivity index (χ3n) is 2.65. The maximum absolute atomic E-state index is 9.04. The van der Waals surface area contributed by atoms with Crippen molar-refractivity contribution in [1.82, 2.24) is 0 Å². The summed E-state index contributed by atoms with van der Waals surface area (Å²) in [5, 5.41) is 18.1. The lowest BCUT2D eigenvalue weighted by Gasteiger charge is -2.18. The van der Waals surface area contributed by atoms with Gasteiger partial charge >= 0.3 is 7.12 Å². The minimum absolute atomic E-state index is 0.111. The highest BCUT2D eigenvalue weighted by Gasteiger charge is 2.13. The van der Waals surface area contributed by atoms with Crippen molar-refractivity contribution in [1.29, 1.82) is 0 Å². The van der Waals surface area contributed by atoms with E-state index < -0.39 is 7.12 Å². The molecule has 0 fully saturated rings. The Kier molecular flexibility index (Phi) is 3.64. The van der Waals surface area contributed by atoms with Gasteiger partial charge < -0.3 is 14.8 Å². The molecule has 0 bridgehead atoms. The molecule has 3 nitrogen and oxygen atoms in total. The summed E-state index contributed by atoms with van der Waals surface area (Å²) in [4.78, 5) is 0. The van der Waals surface area contributed by atoms with E-state index in [4.69, 9.17) is 14.8 Å². The van der Waals surface area contributed by atoms with Crippen molar-refractivity contribution in [2.24, 2.45) is 0 Å². The molecule has 2 rings (SSSR count). The summed E-state index contributed by atoms with van der Waals surface area (Å²) in [5.74, 6) is 0.683. The maximum Gasteiger partial charge on any atom is 0.488 e. The molecular weight excluding hydrogens is 203 g/mol. The Balaban J connectivity index is 2.06. The van der Waals surface area contributed by atoms with E-state index >= 15 is 0 Å². The van der Waals surface area contributed by atoms with Crippen LogP contribution in [0.25, 0.3) is 0 Å². The lowest BCUT2D eigenvalue weighted by atomic mass is 9.80. The van der Waals surface area contributed by atoms with Crippen LogP contribution in [0.4, 0.5) is 0 Å². The van der Waals surface area contributed by atoms with Crippen LogP contribution in [0.1, 0.15) is 19.3 Å². The van der Waals surface area contributed by atoms with Gasteiger partial charge in [0.05, 0.1) is 0 Å². The van der Waals surface area contributed by atoms with E-state index in [1.807, 2.05) is 6.07 Å². The fourth-order valence-electron chi connectivity index (χ4n) is 1.80. The van der Waals surface area contributed by atoms with E-state index in [9.17, 15) is 0 Å². The Morgan fingerprint density at radius 1 is 1.31 bits per heavy atom. The zero-order valence-corrected chi connectivity index (χ0v) is 9.04. The Bertz CT molecular complexity index is 376. The van der Waals surface area contributed by atoms with Gasteiger partial charge in [0.1, 0.15) is 11.9 Å². The van der Waals surface area contributed by atoms with Crippen LogP contribution in [-0.4, -0.2) is 23.3 Å². The quantitative estimate of drug-likeness (QED) is 0.584. The number of hydrogen-bond acceptors (Lipinski definition) is 3. The van der Waals surface area contributed by atoms with Crippen molar-refractivity contribution >= 4 is 12.6 Å². The average Bonchev–Trinajstić information content (AvgIpc) is 2.30. The van der Waals surface area contributed by atoms with E-state index in [2.05, 4.69) is 12.2 Å². The molecule has 1 aromatic rings. The van der Waals surface area contributed by atoms with E-state index in [0.29, 0.717) is 11.2 Å². The van der Waals surface area contributed by atoms with Crippen LogP contribution >= 0.6 is 0 Å². The smallest absolute Gasteiger partial charge is 0.486 e. The predicted octanol–water partition coefficient (Wildman–Crippen LogP) is 0.854. The van der Waals surface area contributed by atoms with Crippen LogP contribution < -0.4 is 10.2 Å². The summed E-state index contributed by atoms with van der Waals surface area (Å²) in [5.41, 5.74) is 0.456. The zero-order chi connectivity index (χ0) is 11.4. The second-order valence-electron chi connectivity index (χ2n) is 3.96. The van der Waals surface area contributed by atoms with Crippen molar-refractivity contribution in [2.75, 3.05) is 0 Å². The Morgan fingerprint density at radius 3 is 2.88 bits per heavy atom. The molecule has 1 aliphatic carbocycles. The monoisotopic (exact) mass is 218 g/mol. The van der Waals surface area contributed by atoms with Crippen LogP contribution in [0.3, 0.4) is 0 Å². The Morgan fingerprint density at radius 2 is 2.19 bits per heavy atom. The first kappa shape index (κ1) is 11.2. The van der Waals surface area contributed by atoms with Gasteiger partial charge in [0, 0.05) is 0 Å². The highest BCUT2D eigenvalue weighted by Crippen LogP contribution is 2.17. The van der Waals surface area contributed by atoms with Crippen molar-refractivity contribution in [3.05, 3.63) is 36.4 Å². The average molecular weight is 218 g/mol. The molecule has 4 heteroatoms. The zero-order valence-electron chi connectivity index (χ0n) is 9.04. The SMILES string of the molecule is OB(O)c1cccc(OC2C=CCCC2)c1. The minimum atomic E-state index is -1.44. The molecule has 1 aromatic carbocycles. The van der Waals surface area contributed by atoms with Crippen molar-refractivity contribution in [3.8, 4) is 5.75 Å². The van der Waals surface area contributed by atoms with E-state index in [0.717, 1.165) is 19.3 Å². The Labute approximate surface area is 95.5 Å². The molecule has 1 atom stereocenters. The predicted molar refractivity (Wildman–Crippen MR) is 63.7 cm³/mol.